The van der Waals surface area contributed by atoms with Crippen LogP contribution in [0.4, 0.5) is 5.69 Å². The molecule has 180 valence electrons. The summed E-state index contributed by atoms with van der Waals surface area (Å²) in [5.41, 5.74) is 3.79. The van der Waals surface area contributed by atoms with Crippen LogP contribution in [0.5, 0.6) is 0 Å². The van der Waals surface area contributed by atoms with E-state index in [0.29, 0.717) is 22.5 Å². The summed E-state index contributed by atoms with van der Waals surface area (Å²) < 4.78 is 3.05. The van der Waals surface area contributed by atoms with Crippen molar-refractivity contribution in [3.63, 3.8) is 0 Å². The van der Waals surface area contributed by atoms with E-state index in [2.05, 4.69) is 16.8 Å². The lowest BCUT2D eigenvalue weighted by atomic mass is 10.1. The molecule has 2 heterocycles. The Labute approximate surface area is 209 Å². The van der Waals surface area contributed by atoms with Crippen molar-refractivity contribution in [1.82, 2.24) is 14.0 Å². The highest BCUT2D eigenvalue weighted by Gasteiger charge is 2.23. The Morgan fingerprint density at radius 1 is 0.800 bits per heavy atom. The Bertz CT molecular complexity index is 1470. The predicted octanol–water partition coefficient (Wildman–Crippen LogP) is 3.97. The summed E-state index contributed by atoms with van der Waals surface area (Å²) in [6.45, 7) is 5.97. The lowest BCUT2D eigenvalue weighted by Crippen LogP contribution is -2.46. The van der Waals surface area contributed by atoms with Gasteiger partial charge in [0.1, 0.15) is 0 Å². The third-order valence-corrected chi connectivity index (χ3v) is 6.98. The molecule has 0 unspecified atom stereocenters. The third kappa shape index (κ3) is 4.77. The Kier molecular flexibility index (Phi) is 6.50. The van der Waals surface area contributed by atoms with Crippen molar-refractivity contribution in [2.75, 3.05) is 38.1 Å². The first-order valence-electron chi connectivity index (χ1n) is 11.9. The number of hydrogen-bond acceptors (Lipinski definition) is 4. The molecule has 1 aromatic heterocycles. The van der Waals surface area contributed by atoms with E-state index in [1.807, 2.05) is 67.6 Å². The Balaban J connectivity index is 1.75. The molecule has 0 radical (unpaired) electrons. The summed E-state index contributed by atoms with van der Waals surface area (Å²) in [6.07, 6.45) is 0. The second-order valence-electron chi connectivity index (χ2n) is 9.34. The largest absolute Gasteiger partial charge is 0.368 e. The summed E-state index contributed by atoms with van der Waals surface area (Å²) in [5.74, 6) is 0. The minimum atomic E-state index is -0.335. The molecule has 3 aromatic carbocycles. The molecular formula is C28H29ClN4O2. The number of aryl methyl sites for hydroxylation is 1. The van der Waals surface area contributed by atoms with Crippen molar-refractivity contribution in [2.24, 2.45) is 0 Å². The fraction of sp³-hybridized carbons (Fsp3) is 0.286. The highest BCUT2D eigenvalue weighted by Crippen LogP contribution is 2.29. The quantitative estimate of drug-likeness (QED) is 0.426. The molecule has 6 nitrogen and oxygen atoms in total. The first kappa shape index (κ1) is 23.4. The van der Waals surface area contributed by atoms with Gasteiger partial charge in [0, 0.05) is 31.2 Å². The van der Waals surface area contributed by atoms with Crippen LogP contribution in [-0.4, -0.2) is 47.3 Å². The van der Waals surface area contributed by atoms with Crippen molar-refractivity contribution < 1.29 is 0 Å². The van der Waals surface area contributed by atoms with E-state index < -0.39 is 0 Å². The van der Waals surface area contributed by atoms with Gasteiger partial charge in [0.2, 0.25) is 0 Å². The van der Waals surface area contributed by atoms with Gasteiger partial charge < -0.3 is 9.80 Å². The Morgan fingerprint density at radius 2 is 1.43 bits per heavy atom. The zero-order valence-electron chi connectivity index (χ0n) is 20.1. The number of piperazine rings is 1. The van der Waals surface area contributed by atoms with Gasteiger partial charge in [-0.1, -0.05) is 71.8 Å². The number of hydrogen-bond donors (Lipinski definition) is 0. The lowest BCUT2D eigenvalue weighted by Gasteiger charge is -2.34. The summed E-state index contributed by atoms with van der Waals surface area (Å²) in [4.78, 5) is 32.2. The monoisotopic (exact) mass is 488 g/mol. The zero-order chi connectivity index (χ0) is 24.5. The van der Waals surface area contributed by atoms with Crippen LogP contribution >= 0.6 is 11.6 Å². The van der Waals surface area contributed by atoms with Crippen LogP contribution in [0, 0.1) is 6.92 Å². The van der Waals surface area contributed by atoms with Gasteiger partial charge in [0.15, 0.2) is 0 Å². The van der Waals surface area contributed by atoms with Crippen molar-refractivity contribution in [1.29, 1.82) is 0 Å². The summed E-state index contributed by atoms with van der Waals surface area (Å²) in [5, 5.41) is 1.06. The van der Waals surface area contributed by atoms with Crippen LogP contribution in [0.25, 0.3) is 10.9 Å². The average Bonchev–Trinajstić information content (AvgIpc) is 2.86. The second kappa shape index (κ2) is 9.72. The molecule has 5 rings (SSSR count). The van der Waals surface area contributed by atoms with Gasteiger partial charge in [-0.2, -0.15) is 0 Å². The van der Waals surface area contributed by atoms with Crippen LogP contribution in [0.3, 0.4) is 0 Å². The first-order valence-corrected chi connectivity index (χ1v) is 12.3. The molecule has 0 amide bonds. The third-order valence-electron chi connectivity index (χ3n) is 6.76. The van der Waals surface area contributed by atoms with Crippen molar-refractivity contribution in [2.45, 2.75) is 20.0 Å². The Morgan fingerprint density at radius 3 is 2.11 bits per heavy atom. The van der Waals surface area contributed by atoms with Crippen LogP contribution < -0.4 is 16.1 Å². The molecule has 0 N–H and O–H groups in total. The fourth-order valence-electron chi connectivity index (χ4n) is 4.71. The van der Waals surface area contributed by atoms with E-state index in [1.165, 1.54) is 4.57 Å². The molecule has 1 aliphatic rings. The minimum absolute atomic E-state index is 0.216. The molecule has 0 atom stereocenters. The molecular weight excluding hydrogens is 460 g/mol. The van der Waals surface area contributed by atoms with Crippen molar-refractivity contribution in [3.05, 3.63) is 109 Å². The number of likely N-dealkylation sites (N-methyl/N-ethyl adjacent to an activating group) is 1. The van der Waals surface area contributed by atoms with Crippen LogP contribution in [-0.2, 0) is 13.1 Å². The second-order valence-corrected chi connectivity index (χ2v) is 9.78. The smallest absolute Gasteiger partial charge is 0.332 e. The van der Waals surface area contributed by atoms with Crippen LogP contribution in [0.2, 0.25) is 5.02 Å². The summed E-state index contributed by atoms with van der Waals surface area (Å²) in [7, 11) is 2.10. The summed E-state index contributed by atoms with van der Waals surface area (Å²) >= 11 is 6.57. The van der Waals surface area contributed by atoms with E-state index in [0.717, 1.165) is 48.6 Å². The summed E-state index contributed by atoms with van der Waals surface area (Å²) in [6, 6.07) is 21.4. The highest BCUT2D eigenvalue weighted by molar-refractivity contribution is 6.31. The van der Waals surface area contributed by atoms with Gasteiger partial charge >= 0.3 is 5.69 Å². The molecule has 4 aromatic rings. The molecule has 0 aliphatic carbocycles. The molecule has 1 saturated heterocycles. The van der Waals surface area contributed by atoms with Crippen molar-refractivity contribution >= 4 is 28.2 Å². The minimum Gasteiger partial charge on any atom is -0.368 e. The molecule has 0 saturated carbocycles. The van der Waals surface area contributed by atoms with E-state index in [-0.39, 0.29) is 17.8 Å². The highest BCUT2D eigenvalue weighted by atomic mass is 35.5. The molecule has 0 spiro atoms. The van der Waals surface area contributed by atoms with Crippen LogP contribution in [0.15, 0.2) is 76.3 Å². The van der Waals surface area contributed by atoms with Gasteiger partial charge in [-0.25, -0.2) is 4.79 Å². The zero-order valence-corrected chi connectivity index (χ0v) is 20.8. The van der Waals surface area contributed by atoms with Crippen LogP contribution in [0.1, 0.15) is 16.7 Å². The van der Waals surface area contributed by atoms with Gasteiger partial charge in [-0.3, -0.25) is 13.9 Å². The number of halogens is 1. The average molecular weight is 489 g/mol. The van der Waals surface area contributed by atoms with E-state index >= 15 is 0 Å². The maximum absolute atomic E-state index is 13.9. The van der Waals surface area contributed by atoms with Gasteiger partial charge in [0.25, 0.3) is 5.56 Å². The molecule has 35 heavy (non-hydrogen) atoms. The molecule has 7 heteroatoms. The maximum atomic E-state index is 13.9. The lowest BCUT2D eigenvalue weighted by molar-refractivity contribution is 0.313. The first-order chi connectivity index (χ1) is 16.9. The number of benzene rings is 3. The molecule has 1 fully saturated rings. The normalized spacial score (nSPS) is 14.5. The molecule has 0 bridgehead atoms. The fourth-order valence-corrected chi connectivity index (χ4v) is 4.92. The van der Waals surface area contributed by atoms with E-state index in [1.54, 1.807) is 10.6 Å². The van der Waals surface area contributed by atoms with Crippen molar-refractivity contribution in [3.8, 4) is 0 Å². The van der Waals surface area contributed by atoms with E-state index in [9.17, 15) is 9.59 Å². The number of aromatic nitrogens is 2. The number of rotatable bonds is 5. The SMILES string of the molecule is Cc1ccc(Cn2c(=O)c3c(N4CCN(C)CC4)cc(Cl)cc3n(Cc3ccccc3)c2=O)cc1. The van der Waals surface area contributed by atoms with Gasteiger partial charge in [-0.15, -0.1) is 0 Å². The molecule has 1 aliphatic heterocycles. The Hall–Kier alpha value is -3.35. The maximum Gasteiger partial charge on any atom is 0.332 e. The number of fused-ring (bicyclic) bond motifs is 1. The topological polar surface area (TPSA) is 50.5 Å². The standard InChI is InChI=1S/C28H29ClN4O2/c1-20-8-10-22(11-9-20)19-33-27(34)26-24(31-14-12-30(2)13-15-31)16-23(29)17-25(26)32(28(33)35)18-21-6-4-3-5-7-21/h3-11,16-17H,12-15,18-19H2,1-2H3. The van der Waals surface area contributed by atoms with Gasteiger partial charge in [0.05, 0.1) is 29.7 Å². The number of nitrogens with zero attached hydrogens (tertiary/aromatic N) is 4. The van der Waals surface area contributed by atoms with E-state index in [4.69, 9.17) is 11.6 Å². The number of anilines is 1. The predicted molar refractivity (Wildman–Crippen MR) is 143 cm³/mol. The van der Waals surface area contributed by atoms with Gasteiger partial charge in [-0.05, 0) is 37.2 Å².